The molecule has 0 bridgehead atoms. The highest BCUT2D eigenvalue weighted by molar-refractivity contribution is 5.58. The van der Waals surface area contributed by atoms with E-state index in [2.05, 4.69) is 15.1 Å². The highest BCUT2D eigenvalue weighted by Crippen LogP contribution is 2.25. The second-order valence-corrected chi connectivity index (χ2v) is 2.54. The molecule has 0 amide bonds. The fourth-order valence-corrected chi connectivity index (χ4v) is 1.10. The van der Waals surface area contributed by atoms with Gasteiger partial charge in [-0.1, -0.05) is 5.16 Å². The zero-order chi connectivity index (χ0) is 9.80. The minimum absolute atomic E-state index is 0.418. The summed E-state index contributed by atoms with van der Waals surface area (Å²) in [5, 5.41) is 3.53. The van der Waals surface area contributed by atoms with Gasteiger partial charge in [-0.2, -0.15) is 4.98 Å². The van der Waals surface area contributed by atoms with Crippen LogP contribution in [-0.2, 0) is 0 Å². The predicted octanol–water partition coefficient (Wildman–Crippen LogP) is 1.53. The van der Waals surface area contributed by atoms with Crippen LogP contribution < -0.4 is 4.74 Å². The van der Waals surface area contributed by atoms with Gasteiger partial charge in [0.25, 0.3) is 5.89 Å². The van der Waals surface area contributed by atoms with Gasteiger partial charge in [-0.3, -0.25) is 0 Å². The van der Waals surface area contributed by atoms with Crippen molar-refractivity contribution in [3.05, 3.63) is 24.7 Å². The van der Waals surface area contributed by atoms with Gasteiger partial charge in [-0.15, -0.1) is 0 Å². The quantitative estimate of drug-likeness (QED) is 0.736. The third-order valence-corrected chi connectivity index (χ3v) is 1.64. The molecule has 0 saturated carbocycles. The van der Waals surface area contributed by atoms with E-state index in [4.69, 9.17) is 9.26 Å². The SMILES string of the molecule is CCOc1ncccc1-c1ncno1. The molecular formula is C9H9N3O2. The number of hydrogen-bond acceptors (Lipinski definition) is 5. The Kier molecular flexibility index (Phi) is 2.40. The lowest BCUT2D eigenvalue weighted by Gasteiger charge is -2.04. The maximum atomic E-state index is 5.32. The molecule has 2 aromatic heterocycles. The summed E-state index contributed by atoms with van der Waals surface area (Å²) in [6.07, 6.45) is 3.00. The predicted molar refractivity (Wildman–Crippen MR) is 48.7 cm³/mol. The summed E-state index contributed by atoms with van der Waals surface area (Å²) in [6.45, 7) is 2.45. The molecule has 14 heavy (non-hydrogen) atoms. The van der Waals surface area contributed by atoms with E-state index in [9.17, 15) is 0 Å². The minimum atomic E-state index is 0.418. The van der Waals surface area contributed by atoms with Gasteiger partial charge in [0.15, 0.2) is 6.33 Å². The van der Waals surface area contributed by atoms with Gasteiger partial charge in [-0.05, 0) is 19.1 Å². The highest BCUT2D eigenvalue weighted by atomic mass is 16.5. The summed E-state index contributed by atoms with van der Waals surface area (Å²) < 4.78 is 10.2. The normalized spacial score (nSPS) is 10.1. The molecule has 2 rings (SSSR count). The highest BCUT2D eigenvalue weighted by Gasteiger charge is 2.10. The maximum absolute atomic E-state index is 5.32. The lowest BCUT2D eigenvalue weighted by atomic mass is 10.3. The van der Waals surface area contributed by atoms with Crippen LogP contribution in [0.3, 0.4) is 0 Å². The third kappa shape index (κ3) is 1.56. The zero-order valence-corrected chi connectivity index (χ0v) is 7.67. The summed E-state index contributed by atoms with van der Waals surface area (Å²) in [7, 11) is 0. The average Bonchev–Trinajstić information content (AvgIpc) is 2.72. The largest absolute Gasteiger partial charge is 0.477 e. The van der Waals surface area contributed by atoms with Gasteiger partial charge < -0.3 is 9.26 Å². The van der Waals surface area contributed by atoms with Crippen molar-refractivity contribution in [1.29, 1.82) is 0 Å². The Hall–Kier alpha value is -1.91. The van der Waals surface area contributed by atoms with Crippen molar-refractivity contribution in [2.45, 2.75) is 6.92 Å². The van der Waals surface area contributed by atoms with Crippen LogP contribution in [0.25, 0.3) is 11.5 Å². The first kappa shape index (κ1) is 8.68. The third-order valence-electron chi connectivity index (χ3n) is 1.64. The van der Waals surface area contributed by atoms with E-state index >= 15 is 0 Å². The molecule has 0 spiro atoms. The standard InChI is InChI=1S/C9H9N3O2/c1-2-13-8-7(4-3-5-10-8)9-11-6-12-14-9/h3-6H,2H2,1H3. The van der Waals surface area contributed by atoms with E-state index in [1.807, 2.05) is 13.0 Å². The Labute approximate surface area is 80.7 Å². The Morgan fingerprint density at radius 2 is 2.36 bits per heavy atom. The molecule has 0 aromatic carbocycles. The van der Waals surface area contributed by atoms with E-state index in [1.165, 1.54) is 6.33 Å². The van der Waals surface area contributed by atoms with Crippen LogP contribution in [-0.4, -0.2) is 21.7 Å². The second kappa shape index (κ2) is 3.87. The van der Waals surface area contributed by atoms with Gasteiger partial charge in [0.2, 0.25) is 5.88 Å². The van der Waals surface area contributed by atoms with Crippen LogP contribution >= 0.6 is 0 Å². The number of rotatable bonds is 3. The average molecular weight is 191 g/mol. The van der Waals surface area contributed by atoms with Crippen molar-refractivity contribution in [2.75, 3.05) is 6.61 Å². The van der Waals surface area contributed by atoms with Crippen molar-refractivity contribution in [3.63, 3.8) is 0 Å². The number of hydrogen-bond donors (Lipinski definition) is 0. The topological polar surface area (TPSA) is 61.0 Å². The first-order chi connectivity index (χ1) is 6.92. The van der Waals surface area contributed by atoms with Crippen LogP contribution in [0.15, 0.2) is 29.2 Å². The molecule has 0 aliphatic rings. The second-order valence-electron chi connectivity index (χ2n) is 2.54. The van der Waals surface area contributed by atoms with Crippen LogP contribution in [0, 0.1) is 0 Å². The zero-order valence-electron chi connectivity index (χ0n) is 7.67. The lowest BCUT2D eigenvalue weighted by Crippen LogP contribution is -1.96. The van der Waals surface area contributed by atoms with Crippen molar-refractivity contribution in [2.24, 2.45) is 0 Å². The van der Waals surface area contributed by atoms with E-state index in [0.717, 1.165) is 0 Å². The molecule has 2 aromatic rings. The Morgan fingerprint density at radius 1 is 1.43 bits per heavy atom. The van der Waals surface area contributed by atoms with Crippen LogP contribution in [0.4, 0.5) is 0 Å². The molecule has 5 heteroatoms. The van der Waals surface area contributed by atoms with Crippen LogP contribution in [0.1, 0.15) is 6.92 Å². The van der Waals surface area contributed by atoms with Gasteiger partial charge in [0.05, 0.1) is 6.61 Å². The fourth-order valence-electron chi connectivity index (χ4n) is 1.10. The van der Waals surface area contributed by atoms with Crippen LogP contribution in [0.5, 0.6) is 5.88 Å². The molecule has 0 atom stereocenters. The molecule has 0 aliphatic carbocycles. The van der Waals surface area contributed by atoms with Gasteiger partial charge in [0, 0.05) is 6.20 Å². The van der Waals surface area contributed by atoms with Crippen molar-refractivity contribution in [1.82, 2.24) is 15.1 Å². The number of ether oxygens (including phenoxy) is 1. The van der Waals surface area contributed by atoms with Gasteiger partial charge in [-0.25, -0.2) is 4.98 Å². The molecule has 2 heterocycles. The molecule has 5 nitrogen and oxygen atoms in total. The van der Waals surface area contributed by atoms with Crippen LogP contribution in [0.2, 0.25) is 0 Å². The lowest BCUT2D eigenvalue weighted by molar-refractivity contribution is 0.326. The molecule has 0 aliphatic heterocycles. The first-order valence-corrected chi connectivity index (χ1v) is 4.26. The van der Waals surface area contributed by atoms with Crippen molar-refractivity contribution >= 4 is 0 Å². The Morgan fingerprint density at radius 3 is 3.07 bits per heavy atom. The Bertz CT molecular complexity index is 400. The molecular weight excluding hydrogens is 182 g/mol. The monoisotopic (exact) mass is 191 g/mol. The molecule has 0 N–H and O–H groups in total. The van der Waals surface area contributed by atoms with E-state index in [0.29, 0.717) is 23.9 Å². The molecule has 0 saturated heterocycles. The van der Waals surface area contributed by atoms with Gasteiger partial charge in [0.1, 0.15) is 5.56 Å². The molecule has 0 unspecified atom stereocenters. The Balaban J connectivity index is 2.42. The first-order valence-electron chi connectivity index (χ1n) is 4.26. The number of pyridine rings is 1. The van der Waals surface area contributed by atoms with E-state index in [-0.39, 0.29) is 0 Å². The smallest absolute Gasteiger partial charge is 0.263 e. The van der Waals surface area contributed by atoms with E-state index in [1.54, 1.807) is 12.3 Å². The summed E-state index contributed by atoms with van der Waals surface area (Å²) in [5.74, 6) is 0.931. The maximum Gasteiger partial charge on any atom is 0.263 e. The van der Waals surface area contributed by atoms with Crippen molar-refractivity contribution in [3.8, 4) is 17.3 Å². The van der Waals surface area contributed by atoms with Crippen molar-refractivity contribution < 1.29 is 9.26 Å². The molecule has 0 radical (unpaired) electrons. The molecule has 0 fully saturated rings. The number of aromatic nitrogens is 3. The fraction of sp³-hybridized carbons (Fsp3) is 0.222. The summed E-state index contributed by atoms with van der Waals surface area (Å²) in [4.78, 5) is 8.01. The minimum Gasteiger partial charge on any atom is -0.477 e. The van der Waals surface area contributed by atoms with E-state index < -0.39 is 0 Å². The summed E-state index contributed by atoms with van der Waals surface area (Å²) >= 11 is 0. The number of nitrogens with zero attached hydrogens (tertiary/aromatic N) is 3. The van der Waals surface area contributed by atoms with Gasteiger partial charge >= 0.3 is 0 Å². The summed E-state index contributed by atoms with van der Waals surface area (Å²) in [6, 6.07) is 3.62. The molecule has 72 valence electrons. The summed E-state index contributed by atoms with van der Waals surface area (Å²) in [5.41, 5.74) is 0.715.